The first-order chi connectivity index (χ1) is 7.24. The van der Waals surface area contributed by atoms with E-state index in [2.05, 4.69) is 11.1 Å². The molecule has 1 aromatic carbocycles. The molecule has 0 radical (unpaired) electrons. The van der Waals surface area contributed by atoms with Crippen LogP contribution >= 0.6 is 0 Å². The van der Waals surface area contributed by atoms with E-state index in [4.69, 9.17) is 11.0 Å². The number of hydrogen-bond acceptors (Lipinski definition) is 2. The van der Waals surface area contributed by atoms with Gasteiger partial charge in [-0.25, -0.2) is 4.99 Å². The Hall–Kier alpha value is -2.02. The summed E-state index contributed by atoms with van der Waals surface area (Å²) in [6.45, 7) is 0.596. The molecule has 0 aromatic heterocycles. The molecule has 2 N–H and O–H groups in total. The third-order valence-electron chi connectivity index (χ3n) is 1.95. The largest absolute Gasteiger partial charge is 0.369 e. The van der Waals surface area contributed by atoms with Gasteiger partial charge in [0.15, 0.2) is 5.96 Å². The molecule has 0 bridgehead atoms. The van der Waals surface area contributed by atoms with E-state index in [1.54, 1.807) is 4.90 Å². The maximum Gasteiger partial charge on any atom is 0.196 e. The molecule has 0 spiro atoms. The van der Waals surface area contributed by atoms with Gasteiger partial charge >= 0.3 is 0 Å². The second kappa shape index (κ2) is 5.66. The van der Waals surface area contributed by atoms with Crippen LogP contribution in [0.1, 0.15) is 6.42 Å². The van der Waals surface area contributed by atoms with Crippen molar-refractivity contribution >= 4 is 11.6 Å². The Morgan fingerprint density at radius 3 is 2.73 bits per heavy atom. The van der Waals surface area contributed by atoms with E-state index >= 15 is 0 Å². The Kier molecular flexibility index (Phi) is 4.17. The number of benzene rings is 1. The van der Waals surface area contributed by atoms with Gasteiger partial charge in [0, 0.05) is 13.6 Å². The fourth-order valence-electron chi connectivity index (χ4n) is 1.05. The number of nitriles is 1. The maximum absolute atomic E-state index is 8.43. The quantitative estimate of drug-likeness (QED) is 0.596. The molecule has 1 rings (SSSR count). The normalized spacial score (nSPS) is 10.8. The lowest BCUT2D eigenvalue weighted by molar-refractivity contribution is 0.510. The molecule has 4 nitrogen and oxygen atoms in total. The fraction of sp³-hybridized carbons (Fsp3) is 0.273. The van der Waals surface area contributed by atoms with Crippen molar-refractivity contribution < 1.29 is 0 Å². The molecule has 0 aliphatic heterocycles. The molecule has 0 saturated heterocycles. The molecule has 0 fully saturated rings. The van der Waals surface area contributed by atoms with Crippen molar-refractivity contribution in [1.82, 2.24) is 4.90 Å². The minimum absolute atomic E-state index is 0.427. The fourth-order valence-corrected chi connectivity index (χ4v) is 1.05. The third-order valence-corrected chi connectivity index (χ3v) is 1.95. The lowest BCUT2D eigenvalue weighted by Gasteiger charge is -2.15. The van der Waals surface area contributed by atoms with Gasteiger partial charge in [0.25, 0.3) is 0 Å². The minimum Gasteiger partial charge on any atom is -0.369 e. The van der Waals surface area contributed by atoms with Gasteiger partial charge < -0.3 is 10.6 Å². The lowest BCUT2D eigenvalue weighted by Crippen LogP contribution is -2.34. The summed E-state index contributed by atoms with van der Waals surface area (Å²) in [7, 11) is 1.82. The van der Waals surface area contributed by atoms with Crippen molar-refractivity contribution in [2.45, 2.75) is 6.42 Å². The zero-order chi connectivity index (χ0) is 11.1. The molecule has 15 heavy (non-hydrogen) atoms. The summed E-state index contributed by atoms with van der Waals surface area (Å²) in [6, 6.07) is 11.6. The van der Waals surface area contributed by atoms with Crippen LogP contribution in [-0.4, -0.2) is 24.5 Å². The van der Waals surface area contributed by atoms with Crippen LogP contribution < -0.4 is 5.73 Å². The van der Waals surface area contributed by atoms with Gasteiger partial charge in [-0.1, -0.05) is 18.2 Å². The Balaban J connectivity index is 2.64. The van der Waals surface area contributed by atoms with E-state index in [0.29, 0.717) is 18.9 Å². The molecule has 0 atom stereocenters. The molecule has 0 heterocycles. The first-order valence-electron chi connectivity index (χ1n) is 4.71. The van der Waals surface area contributed by atoms with Crippen LogP contribution in [0.2, 0.25) is 0 Å². The SMILES string of the molecule is CN(CCC#N)C(N)=Nc1ccccc1. The van der Waals surface area contributed by atoms with Crippen LogP contribution in [0, 0.1) is 11.3 Å². The Labute approximate surface area is 89.6 Å². The zero-order valence-electron chi connectivity index (χ0n) is 8.72. The third kappa shape index (κ3) is 3.69. The van der Waals surface area contributed by atoms with E-state index < -0.39 is 0 Å². The first kappa shape index (κ1) is 11.1. The van der Waals surface area contributed by atoms with Gasteiger partial charge in [0.1, 0.15) is 0 Å². The molecule has 1 aromatic rings. The predicted octanol–water partition coefficient (Wildman–Crippen LogP) is 1.48. The molecular formula is C11H14N4. The summed E-state index contributed by atoms with van der Waals surface area (Å²) in [6.07, 6.45) is 0.446. The Bertz CT molecular complexity index is 364. The van der Waals surface area contributed by atoms with Crippen molar-refractivity contribution in [3.05, 3.63) is 30.3 Å². The van der Waals surface area contributed by atoms with E-state index in [-0.39, 0.29) is 0 Å². The van der Waals surface area contributed by atoms with E-state index in [1.165, 1.54) is 0 Å². The van der Waals surface area contributed by atoms with Crippen molar-refractivity contribution in [2.75, 3.05) is 13.6 Å². The number of guanidine groups is 1. The van der Waals surface area contributed by atoms with Crippen molar-refractivity contribution in [3.8, 4) is 6.07 Å². The van der Waals surface area contributed by atoms with Gasteiger partial charge in [0.2, 0.25) is 0 Å². The average Bonchev–Trinajstić information content (AvgIpc) is 2.27. The monoisotopic (exact) mass is 202 g/mol. The first-order valence-corrected chi connectivity index (χ1v) is 4.71. The zero-order valence-corrected chi connectivity index (χ0v) is 8.72. The highest BCUT2D eigenvalue weighted by molar-refractivity contribution is 5.80. The highest BCUT2D eigenvalue weighted by Crippen LogP contribution is 2.09. The van der Waals surface area contributed by atoms with Crippen molar-refractivity contribution in [3.63, 3.8) is 0 Å². The van der Waals surface area contributed by atoms with Gasteiger partial charge in [-0.3, -0.25) is 0 Å². The Morgan fingerprint density at radius 1 is 1.47 bits per heavy atom. The lowest BCUT2D eigenvalue weighted by atomic mass is 10.3. The second-order valence-corrected chi connectivity index (χ2v) is 3.14. The standard InChI is InChI=1S/C11H14N4/c1-15(9-5-8-12)11(13)14-10-6-3-2-4-7-10/h2-4,6-7H,5,9H2,1H3,(H2,13,14). The van der Waals surface area contributed by atoms with Gasteiger partial charge in [0.05, 0.1) is 18.2 Å². The summed E-state index contributed by atoms with van der Waals surface area (Å²) < 4.78 is 0. The summed E-state index contributed by atoms with van der Waals surface area (Å²) in [5.41, 5.74) is 6.57. The smallest absolute Gasteiger partial charge is 0.196 e. The van der Waals surface area contributed by atoms with Crippen LogP contribution in [-0.2, 0) is 0 Å². The predicted molar refractivity (Wildman–Crippen MR) is 60.6 cm³/mol. The van der Waals surface area contributed by atoms with Gasteiger partial charge in [-0.05, 0) is 12.1 Å². The van der Waals surface area contributed by atoms with Crippen molar-refractivity contribution in [1.29, 1.82) is 5.26 Å². The van der Waals surface area contributed by atoms with Crippen LogP contribution in [0.4, 0.5) is 5.69 Å². The molecule has 0 amide bonds. The molecule has 4 heteroatoms. The highest BCUT2D eigenvalue weighted by atomic mass is 15.2. The second-order valence-electron chi connectivity index (χ2n) is 3.14. The maximum atomic E-state index is 8.43. The van der Waals surface area contributed by atoms with Gasteiger partial charge in [-0.2, -0.15) is 5.26 Å². The number of hydrogen-bond donors (Lipinski definition) is 1. The number of rotatable bonds is 3. The molecular weight excluding hydrogens is 188 g/mol. The topological polar surface area (TPSA) is 65.4 Å². The summed E-state index contributed by atoms with van der Waals surface area (Å²) in [5.74, 6) is 0.427. The average molecular weight is 202 g/mol. The Morgan fingerprint density at radius 2 is 2.13 bits per heavy atom. The number of nitrogens with zero attached hydrogens (tertiary/aromatic N) is 3. The minimum atomic E-state index is 0.427. The van der Waals surface area contributed by atoms with E-state index in [9.17, 15) is 0 Å². The molecule has 0 saturated carbocycles. The number of aliphatic imine (C=N–C) groups is 1. The molecule has 0 unspecified atom stereocenters. The molecule has 0 aliphatic rings. The summed E-state index contributed by atoms with van der Waals surface area (Å²) >= 11 is 0. The van der Waals surface area contributed by atoms with E-state index in [1.807, 2.05) is 37.4 Å². The highest BCUT2D eigenvalue weighted by Gasteiger charge is 2.00. The molecule has 78 valence electrons. The van der Waals surface area contributed by atoms with Crippen LogP contribution in [0.3, 0.4) is 0 Å². The van der Waals surface area contributed by atoms with Crippen LogP contribution in [0.15, 0.2) is 35.3 Å². The number of para-hydroxylation sites is 1. The number of nitrogens with two attached hydrogens (primary N) is 1. The van der Waals surface area contributed by atoms with Crippen molar-refractivity contribution in [2.24, 2.45) is 10.7 Å². The summed E-state index contributed by atoms with van der Waals surface area (Å²) in [4.78, 5) is 5.98. The molecule has 0 aliphatic carbocycles. The van der Waals surface area contributed by atoms with Gasteiger partial charge in [-0.15, -0.1) is 0 Å². The van der Waals surface area contributed by atoms with E-state index in [0.717, 1.165) is 5.69 Å². The van der Waals surface area contributed by atoms with Crippen LogP contribution in [0.5, 0.6) is 0 Å². The van der Waals surface area contributed by atoms with Crippen LogP contribution in [0.25, 0.3) is 0 Å². The summed E-state index contributed by atoms with van der Waals surface area (Å²) in [5, 5.41) is 8.43.